The van der Waals surface area contributed by atoms with Crippen LogP contribution in [0.5, 0.6) is 0 Å². The Bertz CT molecular complexity index is 859. The molecule has 1 aromatic rings. The van der Waals surface area contributed by atoms with Gasteiger partial charge in [-0.1, -0.05) is 36.4 Å². The maximum absolute atomic E-state index is 12.8. The molecule has 0 radical (unpaired) electrons. The van der Waals surface area contributed by atoms with Crippen molar-refractivity contribution in [3.63, 3.8) is 0 Å². The average Bonchev–Trinajstić information content (AvgIpc) is 2.79. The van der Waals surface area contributed by atoms with Gasteiger partial charge in [0.15, 0.2) is 0 Å². The number of amidine groups is 1. The van der Waals surface area contributed by atoms with Crippen molar-refractivity contribution in [1.82, 2.24) is 4.90 Å². The van der Waals surface area contributed by atoms with Gasteiger partial charge in [0.05, 0.1) is 5.54 Å². The molecule has 142 valence electrons. The molecule has 5 nitrogen and oxygen atoms in total. The predicted molar refractivity (Wildman–Crippen MR) is 106 cm³/mol. The van der Waals surface area contributed by atoms with E-state index in [1.165, 1.54) is 5.56 Å². The standard InChI is InChI=1S/C22H26N2O3/c1-21(2,3)27-20(26)18-17-14-16(25)10-12-22(17,4)24(19(18)23)13-11-15-8-6-5-7-9-15/h5-10,12,14,23,25H,11,13H2,1-4H3. The van der Waals surface area contributed by atoms with Gasteiger partial charge in [-0.2, -0.15) is 0 Å². The van der Waals surface area contributed by atoms with Gasteiger partial charge < -0.3 is 14.7 Å². The zero-order valence-corrected chi connectivity index (χ0v) is 16.2. The number of carbonyl (C=O) groups is 1. The fraction of sp³-hybridized carbons (Fsp3) is 0.364. The quantitative estimate of drug-likeness (QED) is 0.792. The predicted octanol–water partition coefficient (Wildman–Crippen LogP) is 3.93. The second-order valence-electron chi connectivity index (χ2n) is 8.08. The number of ether oxygens (including phenoxy) is 1. The van der Waals surface area contributed by atoms with Crippen molar-refractivity contribution in [2.45, 2.75) is 45.3 Å². The molecule has 1 atom stereocenters. The van der Waals surface area contributed by atoms with Crippen molar-refractivity contribution in [3.8, 4) is 0 Å². The fourth-order valence-electron chi connectivity index (χ4n) is 3.50. The first-order chi connectivity index (χ1) is 12.6. The summed E-state index contributed by atoms with van der Waals surface area (Å²) >= 11 is 0. The highest BCUT2D eigenvalue weighted by Gasteiger charge is 2.48. The Hall–Kier alpha value is -2.82. The number of nitrogens with one attached hydrogen (secondary N) is 1. The van der Waals surface area contributed by atoms with E-state index in [0.717, 1.165) is 6.42 Å². The minimum Gasteiger partial charge on any atom is -0.508 e. The van der Waals surface area contributed by atoms with E-state index >= 15 is 0 Å². The highest BCUT2D eigenvalue weighted by Crippen LogP contribution is 2.41. The molecule has 3 rings (SSSR count). The summed E-state index contributed by atoms with van der Waals surface area (Å²) in [5.41, 5.74) is 0.671. The normalized spacial score (nSPS) is 22.0. The third-order valence-electron chi connectivity index (χ3n) is 4.82. The van der Waals surface area contributed by atoms with E-state index in [-0.39, 0.29) is 17.2 Å². The van der Waals surface area contributed by atoms with E-state index in [0.29, 0.717) is 12.1 Å². The molecule has 27 heavy (non-hydrogen) atoms. The van der Waals surface area contributed by atoms with Gasteiger partial charge in [0.25, 0.3) is 0 Å². The monoisotopic (exact) mass is 366 g/mol. The molecule has 2 aliphatic rings. The van der Waals surface area contributed by atoms with Gasteiger partial charge in [-0.15, -0.1) is 0 Å². The number of fused-ring (bicyclic) bond motifs is 1. The third kappa shape index (κ3) is 3.68. The zero-order valence-electron chi connectivity index (χ0n) is 16.2. The highest BCUT2D eigenvalue weighted by molar-refractivity contribution is 6.21. The molecule has 0 spiro atoms. The topological polar surface area (TPSA) is 73.6 Å². The molecule has 0 amide bonds. The van der Waals surface area contributed by atoms with Crippen LogP contribution in [0, 0.1) is 5.41 Å². The largest absolute Gasteiger partial charge is 0.508 e. The molecule has 1 aliphatic heterocycles. The van der Waals surface area contributed by atoms with Crippen molar-refractivity contribution < 1.29 is 14.6 Å². The van der Waals surface area contributed by atoms with Crippen LogP contribution in [-0.4, -0.2) is 39.5 Å². The highest BCUT2D eigenvalue weighted by atomic mass is 16.6. The van der Waals surface area contributed by atoms with Crippen LogP contribution in [0.1, 0.15) is 33.3 Å². The van der Waals surface area contributed by atoms with Gasteiger partial charge in [-0.05, 0) is 51.8 Å². The van der Waals surface area contributed by atoms with Gasteiger partial charge >= 0.3 is 5.97 Å². The summed E-state index contributed by atoms with van der Waals surface area (Å²) in [6.07, 6.45) is 5.77. The lowest BCUT2D eigenvalue weighted by molar-refractivity contribution is -0.149. The minimum absolute atomic E-state index is 0.0706. The molecule has 1 heterocycles. The summed E-state index contributed by atoms with van der Waals surface area (Å²) < 4.78 is 5.53. The number of esters is 1. The summed E-state index contributed by atoms with van der Waals surface area (Å²) in [6, 6.07) is 10.1. The second-order valence-corrected chi connectivity index (χ2v) is 8.08. The molecule has 0 fully saturated rings. The minimum atomic E-state index is -0.662. The van der Waals surface area contributed by atoms with Crippen molar-refractivity contribution in [1.29, 1.82) is 5.41 Å². The Morgan fingerprint density at radius 3 is 2.56 bits per heavy atom. The van der Waals surface area contributed by atoms with E-state index in [2.05, 4.69) is 0 Å². The summed E-state index contributed by atoms with van der Waals surface area (Å²) in [6.45, 7) is 7.94. The molecule has 0 saturated heterocycles. The lowest BCUT2D eigenvalue weighted by atomic mass is 9.86. The summed E-state index contributed by atoms with van der Waals surface area (Å²) in [5, 5.41) is 18.7. The molecule has 0 aromatic heterocycles. The Balaban J connectivity index is 1.94. The molecular weight excluding hydrogens is 340 g/mol. The smallest absolute Gasteiger partial charge is 0.342 e. The van der Waals surface area contributed by atoms with Gasteiger partial charge in [0, 0.05) is 12.1 Å². The van der Waals surface area contributed by atoms with Gasteiger partial charge in [0.2, 0.25) is 0 Å². The van der Waals surface area contributed by atoms with Crippen LogP contribution in [0.3, 0.4) is 0 Å². The van der Waals surface area contributed by atoms with Crippen LogP contribution >= 0.6 is 0 Å². The van der Waals surface area contributed by atoms with Crippen molar-refractivity contribution in [2.75, 3.05) is 6.54 Å². The fourth-order valence-corrected chi connectivity index (χ4v) is 3.50. The molecule has 5 heteroatoms. The van der Waals surface area contributed by atoms with Crippen molar-refractivity contribution in [2.24, 2.45) is 0 Å². The molecular formula is C22H26N2O3. The van der Waals surface area contributed by atoms with Gasteiger partial charge in [-0.25, -0.2) is 4.79 Å². The lowest BCUT2D eigenvalue weighted by Gasteiger charge is -2.37. The first-order valence-corrected chi connectivity index (χ1v) is 9.10. The zero-order chi connectivity index (χ0) is 19.8. The van der Waals surface area contributed by atoms with Crippen LogP contribution in [0.15, 0.2) is 65.5 Å². The number of aliphatic hydroxyl groups excluding tert-OH is 1. The van der Waals surface area contributed by atoms with E-state index in [4.69, 9.17) is 10.1 Å². The number of allylic oxidation sites excluding steroid dienone is 1. The van der Waals surface area contributed by atoms with Gasteiger partial charge in [-0.3, -0.25) is 5.41 Å². The molecule has 1 aromatic carbocycles. The molecule has 1 unspecified atom stereocenters. The first-order valence-electron chi connectivity index (χ1n) is 9.10. The maximum Gasteiger partial charge on any atom is 0.342 e. The average molecular weight is 366 g/mol. The Labute approximate surface area is 160 Å². The van der Waals surface area contributed by atoms with E-state index < -0.39 is 17.1 Å². The summed E-state index contributed by atoms with van der Waals surface area (Å²) in [7, 11) is 0. The summed E-state index contributed by atoms with van der Waals surface area (Å²) in [5.74, 6) is -0.329. The van der Waals surface area contributed by atoms with E-state index in [1.54, 1.807) is 32.9 Å². The molecule has 1 aliphatic carbocycles. The van der Waals surface area contributed by atoms with Crippen molar-refractivity contribution in [3.05, 3.63) is 71.0 Å². The number of aliphatic hydroxyl groups is 1. The number of hydrogen-bond acceptors (Lipinski definition) is 4. The Kier molecular flexibility index (Phi) is 4.72. The maximum atomic E-state index is 12.8. The van der Waals surface area contributed by atoms with Crippen LogP contribution in [-0.2, 0) is 16.0 Å². The number of nitrogens with zero attached hydrogens (tertiary/aromatic N) is 1. The van der Waals surface area contributed by atoms with E-state index in [1.807, 2.05) is 48.2 Å². The summed E-state index contributed by atoms with van der Waals surface area (Å²) in [4.78, 5) is 14.7. The second kappa shape index (κ2) is 6.72. The number of carbonyl (C=O) groups excluding carboxylic acids is 1. The lowest BCUT2D eigenvalue weighted by Crippen LogP contribution is -2.46. The number of hydrogen-bond donors (Lipinski definition) is 2. The van der Waals surface area contributed by atoms with Crippen LogP contribution in [0.25, 0.3) is 0 Å². The Morgan fingerprint density at radius 2 is 1.93 bits per heavy atom. The first kappa shape index (κ1) is 19.0. The number of benzene rings is 1. The van der Waals surface area contributed by atoms with Crippen molar-refractivity contribution >= 4 is 11.8 Å². The Morgan fingerprint density at radius 1 is 1.26 bits per heavy atom. The molecule has 0 saturated carbocycles. The van der Waals surface area contributed by atoms with Crippen LogP contribution in [0.2, 0.25) is 0 Å². The third-order valence-corrected chi connectivity index (χ3v) is 4.82. The molecule has 0 bridgehead atoms. The molecule has 2 N–H and O–H groups in total. The van der Waals surface area contributed by atoms with E-state index in [9.17, 15) is 9.90 Å². The van der Waals surface area contributed by atoms with Crippen LogP contribution in [0.4, 0.5) is 0 Å². The SMILES string of the molecule is CC(C)(C)OC(=O)C1=C2C=C(O)C=CC2(C)N(CCc2ccccc2)C1=N. The number of rotatable bonds is 4. The van der Waals surface area contributed by atoms with Gasteiger partial charge in [0.1, 0.15) is 22.8 Å². The van der Waals surface area contributed by atoms with Crippen LogP contribution < -0.4 is 0 Å².